The van der Waals surface area contributed by atoms with E-state index < -0.39 is 16.2 Å². The van der Waals surface area contributed by atoms with E-state index in [1.807, 2.05) is 13.8 Å². The minimum Gasteiger partial charge on any atom is -0.379 e. The molecule has 0 aliphatic heterocycles. The Morgan fingerprint density at radius 1 is 0.737 bits per heavy atom. The van der Waals surface area contributed by atoms with Crippen LogP contribution < -0.4 is 0 Å². The summed E-state index contributed by atoms with van der Waals surface area (Å²) < 4.78 is 16.4. The van der Waals surface area contributed by atoms with Gasteiger partial charge in [-0.2, -0.15) is 0 Å². The van der Waals surface area contributed by atoms with Gasteiger partial charge in [0.25, 0.3) is 6.48 Å². The van der Waals surface area contributed by atoms with Gasteiger partial charge in [0.2, 0.25) is 0 Å². The van der Waals surface area contributed by atoms with Crippen LogP contribution in [0.25, 0.3) is 0 Å². The zero-order valence-electron chi connectivity index (χ0n) is 13.3. The average Bonchev–Trinajstić information content (AvgIpc) is 2.41. The fourth-order valence-electron chi connectivity index (χ4n) is 2.01. The number of unbranched alkanes of at least 4 members (excludes halogenated alkanes) is 7. The highest BCUT2D eigenvalue weighted by molar-refractivity contribution is 6.27. The van der Waals surface area contributed by atoms with Crippen LogP contribution in [0.2, 0.25) is 6.04 Å². The summed E-state index contributed by atoms with van der Waals surface area (Å²) >= 11 is 0. The first-order chi connectivity index (χ1) is 9.35. The Labute approximate surface area is 122 Å². The summed E-state index contributed by atoms with van der Waals surface area (Å²) in [5.41, 5.74) is 0. The summed E-state index contributed by atoms with van der Waals surface area (Å²) in [7, 11) is -0.474. The van der Waals surface area contributed by atoms with E-state index >= 15 is 0 Å². The average molecular weight is 291 g/mol. The van der Waals surface area contributed by atoms with E-state index in [0.717, 1.165) is 0 Å². The fourth-order valence-corrected chi connectivity index (χ4v) is 3.12. The fraction of sp³-hybridized carbons (Fsp3) is 1.00. The minimum absolute atomic E-state index is 0.407. The predicted molar refractivity (Wildman–Crippen MR) is 84.1 cm³/mol. The summed E-state index contributed by atoms with van der Waals surface area (Å²) in [5, 5.41) is 0. The van der Waals surface area contributed by atoms with E-state index in [0.29, 0.717) is 13.2 Å². The molecule has 3 nitrogen and oxygen atoms in total. The van der Waals surface area contributed by atoms with Gasteiger partial charge in [-0.25, -0.2) is 0 Å². The molecule has 0 aromatic heterocycles. The molecule has 19 heavy (non-hydrogen) atoms. The molecule has 0 unspecified atom stereocenters. The highest BCUT2D eigenvalue weighted by Gasteiger charge is 2.06. The second-order valence-corrected chi connectivity index (χ2v) is 6.35. The first-order valence-electron chi connectivity index (χ1n) is 8.19. The van der Waals surface area contributed by atoms with Crippen LogP contribution in [-0.2, 0) is 13.9 Å². The molecule has 0 rings (SSSR count). The molecule has 0 atom stereocenters. The molecule has 116 valence electrons. The van der Waals surface area contributed by atoms with Gasteiger partial charge >= 0.3 is 0 Å². The highest BCUT2D eigenvalue weighted by atomic mass is 28.2. The molecule has 0 heterocycles. The van der Waals surface area contributed by atoms with Gasteiger partial charge in [-0.15, -0.1) is 0 Å². The van der Waals surface area contributed by atoms with Crippen molar-refractivity contribution in [3.63, 3.8) is 0 Å². The molecule has 0 amide bonds. The van der Waals surface area contributed by atoms with Crippen LogP contribution in [0.15, 0.2) is 0 Å². The van der Waals surface area contributed by atoms with Crippen molar-refractivity contribution in [3.05, 3.63) is 0 Å². The maximum atomic E-state index is 5.68. The Bertz CT molecular complexity index is 161. The third-order valence-electron chi connectivity index (χ3n) is 3.11. The lowest BCUT2D eigenvalue weighted by molar-refractivity contribution is -0.243. The van der Waals surface area contributed by atoms with Crippen molar-refractivity contribution in [3.8, 4) is 0 Å². The highest BCUT2D eigenvalue weighted by Crippen LogP contribution is 2.10. The zero-order valence-corrected chi connectivity index (χ0v) is 14.7. The van der Waals surface area contributed by atoms with Crippen molar-refractivity contribution in [1.82, 2.24) is 0 Å². The molecule has 0 saturated heterocycles. The van der Waals surface area contributed by atoms with Crippen LogP contribution in [0.5, 0.6) is 0 Å². The van der Waals surface area contributed by atoms with Crippen molar-refractivity contribution in [2.75, 3.05) is 13.2 Å². The summed E-state index contributed by atoms with van der Waals surface area (Å²) in [4.78, 5) is 0. The standard InChI is InChI=1S/C15H34O3Si/c1-4-7-8-9-10-11-12-13-14-19-18-15(16-5-2)17-6-3/h15H,4-14,19H2,1-3H3. The van der Waals surface area contributed by atoms with Gasteiger partial charge in [0.05, 0.1) is 0 Å². The van der Waals surface area contributed by atoms with Crippen LogP contribution in [0.3, 0.4) is 0 Å². The van der Waals surface area contributed by atoms with Gasteiger partial charge in [0.15, 0.2) is 9.76 Å². The van der Waals surface area contributed by atoms with Crippen LogP contribution in [0.4, 0.5) is 0 Å². The van der Waals surface area contributed by atoms with Crippen molar-refractivity contribution < 1.29 is 13.9 Å². The largest absolute Gasteiger partial charge is 0.379 e. The maximum Gasteiger partial charge on any atom is 0.261 e. The molecule has 0 spiro atoms. The summed E-state index contributed by atoms with van der Waals surface area (Å²) in [6, 6.07) is 1.24. The number of hydrogen-bond acceptors (Lipinski definition) is 3. The van der Waals surface area contributed by atoms with Gasteiger partial charge in [0, 0.05) is 13.2 Å². The Hall–Kier alpha value is 0.0969. The van der Waals surface area contributed by atoms with Gasteiger partial charge in [-0.1, -0.05) is 58.3 Å². The van der Waals surface area contributed by atoms with Crippen LogP contribution >= 0.6 is 0 Å². The molecule has 0 bridgehead atoms. The first kappa shape index (κ1) is 19.1. The van der Waals surface area contributed by atoms with Crippen molar-refractivity contribution in [1.29, 1.82) is 0 Å². The van der Waals surface area contributed by atoms with Crippen molar-refractivity contribution in [2.24, 2.45) is 0 Å². The Kier molecular flexibility index (Phi) is 16.2. The van der Waals surface area contributed by atoms with Crippen molar-refractivity contribution >= 4 is 9.76 Å². The Morgan fingerprint density at radius 3 is 1.79 bits per heavy atom. The summed E-state index contributed by atoms with van der Waals surface area (Å²) in [6.07, 6.45) is 11.0. The second kappa shape index (κ2) is 16.2. The smallest absolute Gasteiger partial charge is 0.261 e. The molecule has 0 aliphatic rings. The molecule has 0 fully saturated rings. The van der Waals surface area contributed by atoms with E-state index in [1.165, 1.54) is 57.4 Å². The molecular weight excluding hydrogens is 256 g/mol. The van der Waals surface area contributed by atoms with E-state index in [-0.39, 0.29) is 0 Å². The van der Waals surface area contributed by atoms with Crippen LogP contribution in [0.1, 0.15) is 72.1 Å². The monoisotopic (exact) mass is 290 g/mol. The second-order valence-electron chi connectivity index (χ2n) is 4.90. The SMILES string of the molecule is CCCCCCCCCC[SiH2]OC(OCC)OCC. The Balaban J connectivity index is 3.20. The molecule has 0 aromatic rings. The van der Waals surface area contributed by atoms with Gasteiger partial charge in [0.1, 0.15) is 0 Å². The van der Waals surface area contributed by atoms with E-state index in [4.69, 9.17) is 13.9 Å². The molecule has 0 N–H and O–H groups in total. The molecule has 0 aliphatic carbocycles. The molecule has 0 radical (unpaired) electrons. The van der Waals surface area contributed by atoms with E-state index in [2.05, 4.69) is 6.92 Å². The first-order valence-corrected chi connectivity index (χ1v) is 9.77. The molecule has 0 saturated carbocycles. The third kappa shape index (κ3) is 14.3. The molecular formula is C15H34O3Si. The Morgan fingerprint density at radius 2 is 1.26 bits per heavy atom. The molecule has 0 aromatic carbocycles. The predicted octanol–water partition coefficient (Wildman–Crippen LogP) is 4.00. The molecule has 4 heteroatoms. The topological polar surface area (TPSA) is 27.7 Å². The number of rotatable bonds is 15. The van der Waals surface area contributed by atoms with Crippen LogP contribution in [-0.4, -0.2) is 29.5 Å². The lowest BCUT2D eigenvalue weighted by Gasteiger charge is -2.17. The zero-order chi connectivity index (χ0) is 14.2. The number of hydrogen-bond donors (Lipinski definition) is 0. The normalized spacial score (nSPS) is 12.0. The van der Waals surface area contributed by atoms with Gasteiger partial charge in [-0.3, -0.25) is 0 Å². The minimum atomic E-state index is -0.474. The van der Waals surface area contributed by atoms with E-state index in [9.17, 15) is 0 Å². The quantitative estimate of drug-likeness (QED) is 0.259. The number of ether oxygens (including phenoxy) is 2. The maximum absolute atomic E-state index is 5.68. The summed E-state index contributed by atoms with van der Waals surface area (Å²) in [5.74, 6) is 0. The van der Waals surface area contributed by atoms with Gasteiger partial charge in [-0.05, 0) is 19.9 Å². The van der Waals surface area contributed by atoms with Crippen molar-refractivity contribution in [2.45, 2.75) is 84.7 Å². The van der Waals surface area contributed by atoms with Crippen LogP contribution in [0, 0.1) is 0 Å². The van der Waals surface area contributed by atoms with E-state index in [1.54, 1.807) is 0 Å². The third-order valence-corrected chi connectivity index (χ3v) is 4.40. The van der Waals surface area contributed by atoms with Gasteiger partial charge < -0.3 is 13.9 Å². The summed E-state index contributed by atoms with van der Waals surface area (Å²) in [6.45, 7) is 7.09. The lowest BCUT2D eigenvalue weighted by atomic mass is 10.1. The lowest BCUT2D eigenvalue weighted by Crippen LogP contribution is -2.22.